The third kappa shape index (κ3) is 4.64. The first-order valence-corrected chi connectivity index (χ1v) is 9.77. The van der Waals surface area contributed by atoms with Crippen molar-refractivity contribution in [3.05, 3.63) is 0 Å². The lowest BCUT2D eigenvalue weighted by Crippen LogP contribution is -2.55. The number of aliphatic imine (C=N–C) groups is 1. The molecule has 7 nitrogen and oxygen atoms in total. The summed E-state index contributed by atoms with van der Waals surface area (Å²) in [6, 6.07) is 0. The summed E-state index contributed by atoms with van der Waals surface area (Å²) in [7, 11) is 0. The van der Waals surface area contributed by atoms with Gasteiger partial charge in [0, 0.05) is 39.3 Å². The number of carbonyl (C=O) groups is 1. The van der Waals surface area contributed by atoms with Gasteiger partial charge in [-0.15, -0.1) is 0 Å². The van der Waals surface area contributed by atoms with Crippen molar-refractivity contribution >= 4 is 11.9 Å². The molecular weight excluding hydrogens is 320 g/mol. The fourth-order valence-corrected chi connectivity index (χ4v) is 3.95. The molecule has 0 aromatic heterocycles. The summed E-state index contributed by atoms with van der Waals surface area (Å²) in [5.41, 5.74) is -0.627. The number of nitrogens with one attached hydrogen (secondary N) is 1. The van der Waals surface area contributed by atoms with E-state index >= 15 is 0 Å². The summed E-state index contributed by atoms with van der Waals surface area (Å²) in [6.07, 6.45) is 5.47. The van der Waals surface area contributed by atoms with E-state index in [0.717, 1.165) is 64.1 Å². The van der Waals surface area contributed by atoms with Gasteiger partial charge in [-0.05, 0) is 32.6 Å². The predicted molar refractivity (Wildman–Crippen MR) is 96.5 cm³/mol. The molecule has 0 aromatic rings. The Labute approximate surface area is 150 Å². The van der Waals surface area contributed by atoms with Crippen LogP contribution in [0.2, 0.25) is 0 Å². The third-order valence-electron chi connectivity index (χ3n) is 5.49. The molecule has 0 aromatic carbocycles. The van der Waals surface area contributed by atoms with Crippen molar-refractivity contribution in [3.8, 4) is 0 Å². The minimum Gasteiger partial charge on any atom is -0.388 e. The van der Waals surface area contributed by atoms with Crippen LogP contribution in [0.4, 0.5) is 0 Å². The molecule has 1 unspecified atom stereocenters. The molecule has 2 aliphatic heterocycles. The van der Waals surface area contributed by atoms with Gasteiger partial charge in [-0.25, -0.2) is 0 Å². The number of amides is 1. The van der Waals surface area contributed by atoms with Crippen molar-refractivity contribution in [1.82, 2.24) is 15.1 Å². The van der Waals surface area contributed by atoms with Crippen LogP contribution < -0.4 is 5.32 Å². The van der Waals surface area contributed by atoms with Crippen molar-refractivity contribution in [1.29, 1.82) is 0 Å². The molecule has 1 saturated carbocycles. The standard InChI is InChI=1S/C18H32N4O3/c1-2-19-17(20-14-18(24)7-3-4-8-18)22-11-9-21(10-12-22)16(23)15-6-5-13-25-15/h15,24H,2-14H2,1H3,(H,19,20). The van der Waals surface area contributed by atoms with Gasteiger partial charge >= 0.3 is 0 Å². The van der Waals surface area contributed by atoms with Crippen LogP contribution in [-0.2, 0) is 9.53 Å². The highest BCUT2D eigenvalue weighted by molar-refractivity contribution is 5.82. The highest BCUT2D eigenvalue weighted by Gasteiger charge is 2.33. The van der Waals surface area contributed by atoms with Crippen LogP contribution in [0.3, 0.4) is 0 Å². The van der Waals surface area contributed by atoms with Crippen LogP contribution in [0.5, 0.6) is 0 Å². The number of nitrogens with zero attached hydrogens (tertiary/aromatic N) is 3. The molecule has 142 valence electrons. The summed E-state index contributed by atoms with van der Waals surface area (Å²) in [5.74, 6) is 0.992. The molecule has 1 amide bonds. The van der Waals surface area contributed by atoms with Gasteiger partial charge in [-0.3, -0.25) is 9.79 Å². The van der Waals surface area contributed by atoms with E-state index in [1.807, 2.05) is 4.90 Å². The second kappa shape index (κ2) is 8.36. The fourth-order valence-electron chi connectivity index (χ4n) is 3.95. The van der Waals surface area contributed by atoms with Crippen LogP contribution in [-0.4, -0.2) is 84.4 Å². The Morgan fingerprint density at radius 2 is 1.88 bits per heavy atom. The molecule has 0 radical (unpaired) electrons. The Kier molecular flexibility index (Phi) is 6.17. The Hall–Kier alpha value is -1.34. The molecule has 25 heavy (non-hydrogen) atoms. The van der Waals surface area contributed by atoms with E-state index in [1.54, 1.807) is 0 Å². The first-order chi connectivity index (χ1) is 12.1. The Morgan fingerprint density at radius 1 is 1.20 bits per heavy atom. The van der Waals surface area contributed by atoms with E-state index in [9.17, 15) is 9.90 Å². The molecule has 1 atom stereocenters. The number of aliphatic hydroxyl groups is 1. The Morgan fingerprint density at radius 3 is 2.48 bits per heavy atom. The topological polar surface area (TPSA) is 77.4 Å². The quantitative estimate of drug-likeness (QED) is 0.572. The molecule has 3 aliphatic rings. The van der Waals surface area contributed by atoms with Gasteiger partial charge in [0.2, 0.25) is 0 Å². The van der Waals surface area contributed by atoms with E-state index in [-0.39, 0.29) is 12.0 Å². The maximum absolute atomic E-state index is 12.4. The molecule has 2 heterocycles. The molecule has 3 rings (SSSR count). The van der Waals surface area contributed by atoms with Crippen molar-refractivity contribution in [2.75, 3.05) is 45.9 Å². The van der Waals surface area contributed by atoms with Gasteiger partial charge in [-0.2, -0.15) is 0 Å². The zero-order valence-electron chi connectivity index (χ0n) is 15.4. The van der Waals surface area contributed by atoms with Crippen molar-refractivity contribution < 1.29 is 14.6 Å². The average molecular weight is 352 g/mol. The van der Waals surface area contributed by atoms with Crippen LogP contribution in [0, 0.1) is 0 Å². The predicted octanol–water partition coefficient (Wildman–Crippen LogP) is 0.580. The van der Waals surface area contributed by atoms with E-state index in [2.05, 4.69) is 17.1 Å². The fraction of sp³-hybridized carbons (Fsp3) is 0.889. The van der Waals surface area contributed by atoms with E-state index < -0.39 is 5.60 Å². The zero-order valence-corrected chi connectivity index (χ0v) is 15.4. The number of ether oxygens (including phenoxy) is 1. The lowest BCUT2D eigenvalue weighted by molar-refractivity contribution is -0.142. The maximum atomic E-state index is 12.4. The first-order valence-electron chi connectivity index (χ1n) is 9.77. The van der Waals surface area contributed by atoms with Crippen LogP contribution in [0.1, 0.15) is 45.4 Å². The number of piperazine rings is 1. The van der Waals surface area contributed by atoms with Crippen molar-refractivity contribution in [3.63, 3.8) is 0 Å². The summed E-state index contributed by atoms with van der Waals surface area (Å²) in [4.78, 5) is 21.3. The normalized spacial score (nSPS) is 27.0. The minimum absolute atomic E-state index is 0.138. The monoisotopic (exact) mass is 352 g/mol. The molecule has 0 spiro atoms. The van der Waals surface area contributed by atoms with Gasteiger partial charge in [0.05, 0.1) is 12.1 Å². The number of guanidine groups is 1. The Bertz CT molecular complexity index is 477. The lowest BCUT2D eigenvalue weighted by Gasteiger charge is -2.37. The van der Waals surface area contributed by atoms with Crippen molar-refractivity contribution in [2.24, 2.45) is 4.99 Å². The van der Waals surface area contributed by atoms with Gasteiger partial charge in [0.1, 0.15) is 6.10 Å². The molecule has 0 bridgehead atoms. The highest BCUT2D eigenvalue weighted by atomic mass is 16.5. The molecule has 1 aliphatic carbocycles. The summed E-state index contributed by atoms with van der Waals surface area (Å²) in [5, 5.41) is 13.9. The van der Waals surface area contributed by atoms with Gasteiger partial charge < -0.3 is 25.0 Å². The third-order valence-corrected chi connectivity index (χ3v) is 5.49. The number of hydrogen-bond donors (Lipinski definition) is 2. The van der Waals surface area contributed by atoms with Gasteiger partial charge in [0.15, 0.2) is 5.96 Å². The number of hydrogen-bond acceptors (Lipinski definition) is 4. The molecule has 2 saturated heterocycles. The first kappa shape index (κ1) is 18.5. The van der Waals surface area contributed by atoms with E-state index in [4.69, 9.17) is 9.73 Å². The lowest BCUT2D eigenvalue weighted by atomic mass is 10.0. The van der Waals surface area contributed by atoms with Crippen LogP contribution in [0.25, 0.3) is 0 Å². The second-order valence-corrected chi connectivity index (χ2v) is 7.42. The van der Waals surface area contributed by atoms with E-state index in [1.165, 1.54) is 0 Å². The maximum Gasteiger partial charge on any atom is 0.251 e. The summed E-state index contributed by atoms with van der Waals surface area (Å²) in [6.45, 7) is 6.95. The molecule has 7 heteroatoms. The molecule has 3 fully saturated rings. The average Bonchev–Trinajstić information content (AvgIpc) is 3.30. The molecular formula is C18H32N4O3. The van der Waals surface area contributed by atoms with Gasteiger partial charge in [-0.1, -0.05) is 12.8 Å². The highest BCUT2D eigenvalue weighted by Crippen LogP contribution is 2.29. The SMILES string of the molecule is CCNC(=NCC1(O)CCCC1)N1CCN(C(=O)C2CCCO2)CC1. The summed E-state index contributed by atoms with van der Waals surface area (Å²) >= 11 is 0. The summed E-state index contributed by atoms with van der Waals surface area (Å²) < 4.78 is 5.52. The number of carbonyl (C=O) groups excluding carboxylic acids is 1. The smallest absolute Gasteiger partial charge is 0.251 e. The molecule has 2 N–H and O–H groups in total. The largest absolute Gasteiger partial charge is 0.388 e. The Balaban J connectivity index is 1.53. The minimum atomic E-state index is -0.627. The van der Waals surface area contributed by atoms with E-state index in [0.29, 0.717) is 26.2 Å². The zero-order chi connectivity index (χ0) is 17.7. The van der Waals surface area contributed by atoms with Gasteiger partial charge in [0.25, 0.3) is 5.91 Å². The second-order valence-electron chi connectivity index (χ2n) is 7.42. The van der Waals surface area contributed by atoms with Crippen LogP contribution in [0.15, 0.2) is 4.99 Å². The number of rotatable bonds is 4. The van der Waals surface area contributed by atoms with Crippen molar-refractivity contribution in [2.45, 2.75) is 57.2 Å². The van der Waals surface area contributed by atoms with Crippen LogP contribution >= 0.6 is 0 Å².